The lowest BCUT2D eigenvalue weighted by atomic mass is 9.97. The fraction of sp³-hybridized carbons (Fsp3) is 0.368. The maximum absolute atomic E-state index is 5.39. The quantitative estimate of drug-likeness (QED) is 0.735. The van der Waals surface area contributed by atoms with Crippen molar-refractivity contribution < 1.29 is 4.74 Å². The van der Waals surface area contributed by atoms with Gasteiger partial charge < -0.3 is 9.64 Å². The highest BCUT2D eigenvalue weighted by Crippen LogP contribution is 2.28. The molecule has 0 spiro atoms. The molecule has 22 heavy (non-hydrogen) atoms. The molecule has 0 saturated carbocycles. The summed E-state index contributed by atoms with van der Waals surface area (Å²) in [6.07, 6.45) is 1.07. The lowest BCUT2D eigenvalue weighted by Gasteiger charge is -2.19. The molecule has 2 aromatic rings. The Balaban J connectivity index is 0.00000242. The fourth-order valence-corrected chi connectivity index (χ4v) is 2.61. The van der Waals surface area contributed by atoms with Crippen LogP contribution in [-0.2, 0) is 6.42 Å². The van der Waals surface area contributed by atoms with Crippen LogP contribution in [0, 0.1) is 0 Å². The van der Waals surface area contributed by atoms with E-state index in [1.54, 1.807) is 7.11 Å². The van der Waals surface area contributed by atoms with E-state index in [0.29, 0.717) is 0 Å². The van der Waals surface area contributed by atoms with Gasteiger partial charge >= 0.3 is 0 Å². The molecule has 2 rings (SSSR count). The van der Waals surface area contributed by atoms with Crippen molar-refractivity contribution in [2.24, 2.45) is 0 Å². The number of likely N-dealkylation sites (N-methyl/N-ethyl adjacent to an activating group) is 1. The minimum atomic E-state index is 0. The maximum atomic E-state index is 5.39. The molecule has 3 heteroatoms. The Labute approximate surface area is 140 Å². The van der Waals surface area contributed by atoms with Crippen LogP contribution in [-0.4, -0.2) is 31.6 Å². The molecule has 0 saturated heterocycles. The van der Waals surface area contributed by atoms with E-state index in [9.17, 15) is 0 Å². The molecule has 2 aromatic carbocycles. The Morgan fingerprint density at radius 1 is 0.955 bits per heavy atom. The number of methoxy groups -OCH3 is 1. The number of halogens is 1. The lowest BCUT2D eigenvalue weighted by molar-refractivity contribution is 0.308. The topological polar surface area (TPSA) is 12.5 Å². The molecule has 0 atom stereocenters. The van der Waals surface area contributed by atoms with E-state index >= 15 is 0 Å². The van der Waals surface area contributed by atoms with Gasteiger partial charge in [0.25, 0.3) is 0 Å². The first kappa shape index (κ1) is 18.5. The molecule has 2 nitrogen and oxygen atoms in total. The SMILES string of the molecule is CCN(CC)CCc1ccc(OC)cc1-c1ccccc1.Cl. The predicted octanol–water partition coefficient (Wildman–Crippen LogP) is 4.67. The summed E-state index contributed by atoms with van der Waals surface area (Å²) in [6, 6.07) is 17.0. The molecule has 120 valence electrons. The Hall–Kier alpha value is -1.51. The average Bonchev–Trinajstić information content (AvgIpc) is 2.56. The molecule has 0 N–H and O–H groups in total. The van der Waals surface area contributed by atoms with Crippen LogP contribution >= 0.6 is 12.4 Å². The van der Waals surface area contributed by atoms with Crippen LogP contribution in [0.3, 0.4) is 0 Å². The second-order valence-electron chi connectivity index (χ2n) is 5.17. The summed E-state index contributed by atoms with van der Waals surface area (Å²) in [5.41, 5.74) is 3.92. The molecule has 0 unspecified atom stereocenters. The van der Waals surface area contributed by atoms with Crippen molar-refractivity contribution in [3.63, 3.8) is 0 Å². The maximum Gasteiger partial charge on any atom is 0.119 e. The van der Waals surface area contributed by atoms with E-state index in [1.165, 1.54) is 16.7 Å². The standard InChI is InChI=1S/C19H25NO.ClH/c1-4-20(5-2)14-13-17-11-12-18(21-3)15-19(17)16-9-7-6-8-10-16;/h6-12,15H,4-5,13-14H2,1-3H3;1H. The van der Waals surface area contributed by atoms with Gasteiger partial charge in [0, 0.05) is 6.54 Å². The summed E-state index contributed by atoms with van der Waals surface area (Å²) >= 11 is 0. The molecule has 0 aliphatic heterocycles. The Kier molecular flexibility index (Phi) is 8.00. The molecular weight excluding hydrogens is 294 g/mol. The summed E-state index contributed by atoms with van der Waals surface area (Å²) in [4.78, 5) is 2.46. The average molecular weight is 320 g/mol. The van der Waals surface area contributed by atoms with Crippen LogP contribution < -0.4 is 4.74 Å². The van der Waals surface area contributed by atoms with Gasteiger partial charge in [0.1, 0.15) is 5.75 Å². The van der Waals surface area contributed by atoms with Gasteiger partial charge in [-0.15, -0.1) is 12.4 Å². The van der Waals surface area contributed by atoms with E-state index in [4.69, 9.17) is 4.74 Å². The molecule has 0 bridgehead atoms. The largest absolute Gasteiger partial charge is 0.497 e. The van der Waals surface area contributed by atoms with Gasteiger partial charge in [-0.2, -0.15) is 0 Å². The van der Waals surface area contributed by atoms with E-state index in [1.807, 2.05) is 0 Å². The Bertz CT molecular complexity index is 553. The van der Waals surface area contributed by atoms with Gasteiger partial charge in [0.15, 0.2) is 0 Å². The molecule has 0 radical (unpaired) electrons. The summed E-state index contributed by atoms with van der Waals surface area (Å²) in [7, 11) is 1.72. The molecule has 0 aliphatic rings. The molecule has 0 heterocycles. The lowest BCUT2D eigenvalue weighted by Crippen LogP contribution is -2.25. The Morgan fingerprint density at radius 3 is 2.23 bits per heavy atom. The summed E-state index contributed by atoms with van der Waals surface area (Å²) in [5.74, 6) is 0.917. The third-order valence-corrected chi connectivity index (χ3v) is 3.99. The van der Waals surface area contributed by atoms with E-state index < -0.39 is 0 Å². The normalized spacial score (nSPS) is 10.4. The molecule has 0 fully saturated rings. The highest BCUT2D eigenvalue weighted by Gasteiger charge is 2.08. The van der Waals surface area contributed by atoms with Gasteiger partial charge in [-0.3, -0.25) is 0 Å². The van der Waals surface area contributed by atoms with Gasteiger partial charge in [0.05, 0.1) is 7.11 Å². The molecule has 0 aromatic heterocycles. The van der Waals surface area contributed by atoms with Crippen molar-refractivity contribution in [3.05, 3.63) is 54.1 Å². The minimum absolute atomic E-state index is 0. The smallest absolute Gasteiger partial charge is 0.119 e. The number of hydrogen-bond donors (Lipinski definition) is 0. The van der Waals surface area contributed by atoms with Gasteiger partial charge in [-0.05, 0) is 48.3 Å². The van der Waals surface area contributed by atoms with E-state index in [2.05, 4.69) is 67.3 Å². The first-order valence-electron chi connectivity index (χ1n) is 7.73. The highest BCUT2D eigenvalue weighted by atomic mass is 35.5. The molecule has 0 amide bonds. The second-order valence-corrected chi connectivity index (χ2v) is 5.17. The third-order valence-electron chi connectivity index (χ3n) is 3.99. The fourth-order valence-electron chi connectivity index (χ4n) is 2.61. The van der Waals surface area contributed by atoms with Crippen molar-refractivity contribution >= 4 is 12.4 Å². The highest BCUT2D eigenvalue weighted by molar-refractivity contribution is 5.85. The van der Waals surface area contributed by atoms with Gasteiger partial charge in [0.2, 0.25) is 0 Å². The van der Waals surface area contributed by atoms with E-state index in [-0.39, 0.29) is 12.4 Å². The van der Waals surface area contributed by atoms with Crippen LogP contribution in [0.4, 0.5) is 0 Å². The van der Waals surface area contributed by atoms with Crippen molar-refractivity contribution in [2.45, 2.75) is 20.3 Å². The van der Waals surface area contributed by atoms with Crippen LogP contribution in [0.1, 0.15) is 19.4 Å². The van der Waals surface area contributed by atoms with Crippen molar-refractivity contribution in [2.75, 3.05) is 26.7 Å². The molecule has 0 aliphatic carbocycles. The van der Waals surface area contributed by atoms with Crippen molar-refractivity contribution in [1.82, 2.24) is 4.90 Å². The van der Waals surface area contributed by atoms with Crippen molar-refractivity contribution in [3.8, 4) is 16.9 Å². The zero-order valence-electron chi connectivity index (χ0n) is 13.7. The summed E-state index contributed by atoms with van der Waals surface area (Å²) in [5, 5.41) is 0. The zero-order valence-corrected chi connectivity index (χ0v) is 14.5. The monoisotopic (exact) mass is 319 g/mol. The minimum Gasteiger partial charge on any atom is -0.497 e. The number of benzene rings is 2. The molecular formula is C19H26ClNO. The zero-order chi connectivity index (χ0) is 15.1. The van der Waals surface area contributed by atoms with Crippen molar-refractivity contribution in [1.29, 1.82) is 0 Å². The predicted molar refractivity (Wildman–Crippen MR) is 97.2 cm³/mol. The number of nitrogens with zero attached hydrogens (tertiary/aromatic N) is 1. The number of ether oxygens (including phenoxy) is 1. The van der Waals surface area contributed by atoms with Crippen LogP contribution in [0.2, 0.25) is 0 Å². The third kappa shape index (κ3) is 4.75. The van der Waals surface area contributed by atoms with Gasteiger partial charge in [-0.25, -0.2) is 0 Å². The van der Waals surface area contributed by atoms with Crippen LogP contribution in [0.5, 0.6) is 5.75 Å². The second kappa shape index (κ2) is 9.50. The van der Waals surface area contributed by atoms with Crippen LogP contribution in [0.25, 0.3) is 11.1 Å². The van der Waals surface area contributed by atoms with Gasteiger partial charge in [-0.1, -0.05) is 50.2 Å². The van der Waals surface area contributed by atoms with E-state index in [0.717, 1.165) is 31.8 Å². The Morgan fingerprint density at radius 2 is 1.64 bits per heavy atom. The van der Waals surface area contributed by atoms with Crippen LogP contribution in [0.15, 0.2) is 48.5 Å². The number of rotatable bonds is 7. The first-order chi connectivity index (χ1) is 10.3. The summed E-state index contributed by atoms with van der Waals surface area (Å²) in [6.45, 7) is 7.74. The first-order valence-corrected chi connectivity index (χ1v) is 7.73. The summed E-state index contributed by atoms with van der Waals surface area (Å²) < 4.78 is 5.39. The number of hydrogen-bond acceptors (Lipinski definition) is 2.